The summed E-state index contributed by atoms with van der Waals surface area (Å²) in [6, 6.07) is 6.31. The largest absolute Gasteiger partial charge is 0.394 e. The van der Waals surface area contributed by atoms with Gasteiger partial charge in [-0.05, 0) is 37.1 Å². The Labute approximate surface area is 187 Å². The lowest BCUT2D eigenvalue weighted by Gasteiger charge is -2.17. The molecule has 2 saturated heterocycles. The van der Waals surface area contributed by atoms with E-state index in [4.69, 9.17) is 21.1 Å². The molecule has 2 fully saturated rings. The van der Waals surface area contributed by atoms with Crippen molar-refractivity contribution in [2.45, 2.75) is 50.3 Å². The van der Waals surface area contributed by atoms with Crippen molar-refractivity contribution >= 4 is 17.5 Å². The summed E-state index contributed by atoms with van der Waals surface area (Å²) in [5.74, 6) is -2.04. The second-order valence-corrected chi connectivity index (χ2v) is 8.25. The van der Waals surface area contributed by atoms with E-state index < -0.39 is 47.5 Å². The third kappa shape index (κ3) is 4.55. The first kappa shape index (κ1) is 22.8. The molecule has 0 unspecified atom stereocenters. The number of halogens is 2. The first-order valence-electron chi connectivity index (χ1n) is 10.3. The number of aliphatic hydroxyl groups excluding tert-OH is 1. The molecule has 2 N–H and O–H groups in total. The Morgan fingerprint density at radius 3 is 2.72 bits per heavy atom. The van der Waals surface area contributed by atoms with Crippen molar-refractivity contribution in [1.29, 1.82) is 0 Å². The van der Waals surface area contributed by atoms with Gasteiger partial charge < -0.3 is 19.9 Å². The zero-order chi connectivity index (χ0) is 22.8. The van der Waals surface area contributed by atoms with Gasteiger partial charge in [-0.2, -0.15) is 8.96 Å². The molecule has 2 aromatic rings. The monoisotopic (exact) mass is 467 g/mol. The van der Waals surface area contributed by atoms with E-state index in [0.717, 1.165) is 16.3 Å². The minimum Gasteiger partial charge on any atom is -0.394 e. The molecule has 0 bridgehead atoms. The van der Waals surface area contributed by atoms with Gasteiger partial charge in [-0.25, -0.2) is 4.79 Å². The average Bonchev–Trinajstić information content (AvgIpc) is 3.46. The second kappa shape index (κ2) is 9.63. The smallest absolute Gasteiger partial charge is 0.340 e. The fourth-order valence-corrected chi connectivity index (χ4v) is 4.11. The molecule has 1 aromatic heterocycles. The van der Waals surface area contributed by atoms with Crippen LogP contribution in [0.25, 0.3) is 0 Å². The number of hydrogen-bond donors (Lipinski definition) is 2. The normalized spacial score (nSPS) is 25.3. The topological polar surface area (TPSA) is 112 Å². The third-order valence-corrected chi connectivity index (χ3v) is 5.95. The number of nitrogens with zero attached hydrogens (tertiary/aromatic N) is 2. The molecule has 11 heteroatoms. The Hall–Kier alpha value is -2.37. The van der Waals surface area contributed by atoms with Crippen LogP contribution in [0.4, 0.5) is 4.39 Å². The summed E-state index contributed by atoms with van der Waals surface area (Å²) in [5.41, 5.74) is -1.44. The van der Waals surface area contributed by atoms with E-state index >= 15 is 0 Å². The highest BCUT2D eigenvalue weighted by Gasteiger charge is 2.38. The molecule has 3 heterocycles. The summed E-state index contributed by atoms with van der Waals surface area (Å²) < 4.78 is 27.1. The predicted molar refractivity (Wildman–Crippen MR) is 112 cm³/mol. The molecule has 0 amide bonds. The maximum absolute atomic E-state index is 14.4. The van der Waals surface area contributed by atoms with Crippen LogP contribution in [0.2, 0.25) is 5.02 Å². The number of ether oxygens (including phenoxy) is 2. The molecule has 2 aliphatic heterocycles. The molecule has 9 nitrogen and oxygen atoms in total. The molecule has 32 heavy (non-hydrogen) atoms. The van der Waals surface area contributed by atoms with Crippen LogP contribution in [0.15, 0.2) is 40.1 Å². The van der Waals surface area contributed by atoms with Crippen LogP contribution in [0, 0.1) is 5.82 Å². The summed E-state index contributed by atoms with van der Waals surface area (Å²) in [4.78, 5) is 37.9. The molecule has 4 atom stereocenters. The van der Waals surface area contributed by atoms with Gasteiger partial charge in [-0.1, -0.05) is 23.7 Å². The number of carbonyl (C=O) groups excluding carboxylic acids is 1. The van der Waals surface area contributed by atoms with Gasteiger partial charge in [0.1, 0.15) is 12.3 Å². The van der Waals surface area contributed by atoms with Crippen molar-refractivity contribution in [3.8, 4) is 0 Å². The van der Waals surface area contributed by atoms with Gasteiger partial charge >= 0.3 is 5.69 Å². The molecule has 0 spiro atoms. The number of carbonyl (C=O) groups is 1. The Balaban J connectivity index is 1.56. The Bertz CT molecular complexity index is 1100. The van der Waals surface area contributed by atoms with E-state index in [0.29, 0.717) is 29.0 Å². The standard InChI is InChI=1S/C21H23ClFN3O6/c22-13-5-3-12(4-6-13)11-31-16-8-18(32-17(16)10-27)25-9-14(23)19(28)26(21(25)30)20(29)15-2-1-7-24-15/h3-6,9,15-18,24,27H,1-2,7-8,10-11H2/t15-,16-,17+,18+/m0/s1. The molecule has 0 saturated carbocycles. The van der Waals surface area contributed by atoms with Crippen LogP contribution in [-0.4, -0.2) is 51.5 Å². The van der Waals surface area contributed by atoms with Crippen LogP contribution in [0.3, 0.4) is 0 Å². The van der Waals surface area contributed by atoms with E-state index in [1.165, 1.54) is 0 Å². The number of aromatic nitrogens is 2. The zero-order valence-electron chi connectivity index (χ0n) is 17.1. The van der Waals surface area contributed by atoms with Crippen LogP contribution in [0.1, 0.15) is 35.8 Å². The van der Waals surface area contributed by atoms with Crippen molar-refractivity contribution in [1.82, 2.24) is 14.5 Å². The second-order valence-electron chi connectivity index (χ2n) is 7.82. The highest BCUT2D eigenvalue weighted by Crippen LogP contribution is 2.30. The number of nitrogens with one attached hydrogen (secondary N) is 1. The van der Waals surface area contributed by atoms with Crippen LogP contribution < -0.4 is 16.6 Å². The molecule has 0 aliphatic carbocycles. The van der Waals surface area contributed by atoms with E-state index in [1.54, 1.807) is 24.3 Å². The SMILES string of the molecule is O=C([C@@H]1CCCN1)n1c(=O)c(F)cn([C@H]2C[C@H](OCc3ccc(Cl)cc3)[C@@H](CO)O2)c1=O. The molecule has 2 aliphatic rings. The molecular formula is C21H23ClFN3O6. The van der Waals surface area contributed by atoms with E-state index in [1.807, 2.05) is 0 Å². The zero-order valence-corrected chi connectivity index (χ0v) is 17.8. The quantitative estimate of drug-likeness (QED) is 0.653. The van der Waals surface area contributed by atoms with Gasteiger partial charge in [-0.15, -0.1) is 0 Å². The van der Waals surface area contributed by atoms with Crippen molar-refractivity contribution < 1.29 is 23.8 Å². The predicted octanol–water partition coefficient (Wildman–Crippen LogP) is 1.06. The first-order chi connectivity index (χ1) is 15.4. The Kier molecular flexibility index (Phi) is 6.87. The number of rotatable bonds is 6. The molecular weight excluding hydrogens is 445 g/mol. The molecule has 1 aromatic carbocycles. The minimum absolute atomic E-state index is 0.117. The van der Waals surface area contributed by atoms with Gasteiger partial charge in [0.15, 0.2) is 0 Å². The minimum atomic E-state index is -1.29. The summed E-state index contributed by atoms with van der Waals surface area (Å²) in [6.45, 7) is 0.401. The van der Waals surface area contributed by atoms with Gasteiger partial charge in [0, 0.05) is 11.4 Å². The highest BCUT2D eigenvalue weighted by atomic mass is 35.5. The fourth-order valence-electron chi connectivity index (χ4n) is 3.99. The van der Waals surface area contributed by atoms with E-state index in [9.17, 15) is 23.9 Å². The molecule has 4 rings (SSSR count). The summed E-state index contributed by atoms with van der Waals surface area (Å²) >= 11 is 5.88. The van der Waals surface area contributed by atoms with Gasteiger partial charge in [0.2, 0.25) is 5.82 Å². The lowest BCUT2D eigenvalue weighted by molar-refractivity contribution is -0.0661. The van der Waals surface area contributed by atoms with E-state index in [2.05, 4.69) is 5.32 Å². The van der Waals surface area contributed by atoms with Crippen molar-refractivity contribution in [3.05, 3.63) is 67.7 Å². The Morgan fingerprint density at radius 2 is 2.06 bits per heavy atom. The summed E-state index contributed by atoms with van der Waals surface area (Å²) in [5, 5.41) is 13.2. The number of benzene rings is 1. The van der Waals surface area contributed by atoms with Gasteiger partial charge in [0.05, 0.1) is 31.6 Å². The molecule has 0 radical (unpaired) electrons. The van der Waals surface area contributed by atoms with Crippen molar-refractivity contribution in [3.63, 3.8) is 0 Å². The van der Waals surface area contributed by atoms with Gasteiger partial charge in [0.25, 0.3) is 11.5 Å². The molecule has 172 valence electrons. The summed E-state index contributed by atoms with van der Waals surface area (Å²) in [7, 11) is 0. The van der Waals surface area contributed by atoms with E-state index in [-0.39, 0.29) is 19.6 Å². The number of hydrogen-bond acceptors (Lipinski definition) is 7. The maximum Gasteiger partial charge on any atom is 0.340 e. The first-order valence-corrected chi connectivity index (χ1v) is 10.7. The number of aliphatic hydroxyl groups is 1. The van der Waals surface area contributed by atoms with Crippen LogP contribution in [0.5, 0.6) is 0 Å². The lowest BCUT2D eigenvalue weighted by atomic mass is 10.1. The lowest BCUT2D eigenvalue weighted by Crippen LogP contribution is -2.50. The van der Waals surface area contributed by atoms with Crippen LogP contribution in [-0.2, 0) is 16.1 Å². The van der Waals surface area contributed by atoms with Crippen LogP contribution >= 0.6 is 11.6 Å². The van der Waals surface area contributed by atoms with Gasteiger partial charge in [-0.3, -0.25) is 14.2 Å². The van der Waals surface area contributed by atoms with Crippen molar-refractivity contribution in [2.75, 3.05) is 13.2 Å². The van der Waals surface area contributed by atoms with Crippen molar-refractivity contribution in [2.24, 2.45) is 0 Å². The average molecular weight is 468 g/mol. The maximum atomic E-state index is 14.4. The third-order valence-electron chi connectivity index (χ3n) is 5.70. The highest BCUT2D eigenvalue weighted by molar-refractivity contribution is 6.30. The summed E-state index contributed by atoms with van der Waals surface area (Å²) in [6.07, 6.45) is -0.359. The fraction of sp³-hybridized carbons (Fsp3) is 0.476. The Morgan fingerprint density at radius 1 is 1.31 bits per heavy atom.